The van der Waals surface area contributed by atoms with Crippen molar-refractivity contribution >= 4 is 23.4 Å². The topological polar surface area (TPSA) is 47.8 Å². The van der Waals surface area contributed by atoms with Crippen molar-refractivity contribution < 1.29 is 4.74 Å². The Kier molecular flexibility index (Phi) is 3.55. The Bertz CT molecular complexity index is 843. The number of methoxy groups -OCH3 is 1. The van der Waals surface area contributed by atoms with Crippen molar-refractivity contribution in [1.82, 2.24) is 19.3 Å². The first-order valence-corrected chi connectivity index (χ1v) is 7.33. The quantitative estimate of drug-likeness (QED) is 0.752. The van der Waals surface area contributed by atoms with Gasteiger partial charge in [-0.15, -0.1) is 0 Å². The fraction of sp³-hybridized carbons (Fsp3) is 0.333. The number of aryl methyl sites for hydroxylation is 2. The van der Waals surface area contributed by atoms with Crippen molar-refractivity contribution in [3.8, 4) is 5.75 Å². The van der Waals surface area contributed by atoms with Gasteiger partial charge in [0.25, 0.3) is 0 Å². The molecule has 3 aromatic rings. The lowest BCUT2D eigenvalue weighted by Crippen LogP contribution is -2.06. The van der Waals surface area contributed by atoms with E-state index in [4.69, 9.17) is 17.0 Å². The minimum Gasteiger partial charge on any atom is -0.497 e. The number of hydrogen-bond donors (Lipinski definition) is 1. The molecule has 0 radical (unpaired) electrons. The Balaban J connectivity index is 2.11. The van der Waals surface area contributed by atoms with Crippen molar-refractivity contribution in [2.45, 2.75) is 26.9 Å². The van der Waals surface area contributed by atoms with Gasteiger partial charge in [-0.3, -0.25) is 4.57 Å². The Morgan fingerprint density at radius 1 is 1.38 bits per heavy atom. The zero-order valence-electron chi connectivity index (χ0n) is 12.4. The van der Waals surface area contributed by atoms with Crippen LogP contribution in [-0.4, -0.2) is 26.4 Å². The van der Waals surface area contributed by atoms with Crippen LogP contribution < -0.4 is 4.74 Å². The van der Waals surface area contributed by atoms with Crippen LogP contribution in [0.25, 0.3) is 11.2 Å². The van der Waals surface area contributed by atoms with Crippen LogP contribution in [0, 0.1) is 11.7 Å². The smallest absolute Gasteiger partial charge is 0.179 e. The molecule has 0 fully saturated rings. The van der Waals surface area contributed by atoms with Gasteiger partial charge in [0.05, 0.1) is 19.3 Å². The van der Waals surface area contributed by atoms with Gasteiger partial charge in [-0.1, -0.05) is 12.1 Å². The molecule has 0 bridgehead atoms. The van der Waals surface area contributed by atoms with Gasteiger partial charge in [0.1, 0.15) is 11.3 Å². The molecule has 0 saturated heterocycles. The number of aromatic nitrogens is 4. The molecule has 110 valence electrons. The molecule has 0 unspecified atom stereocenters. The van der Waals surface area contributed by atoms with E-state index in [0.717, 1.165) is 39.5 Å². The van der Waals surface area contributed by atoms with Crippen LogP contribution in [0.15, 0.2) is 24.3 Å². The van der Waals surface area contributed by atoms with Crippen LogP contribution in [0.4, 0.5) is 0 Å². The molecule has 0 aliphatic rings. The number of benzene rings is 1. The van der Waals surface area contributed by atoms with E-state index in [2.05, 4.69) is 27.6 Å². The minimum absolute atomic E-state index is 0.696. The average molecular weight is 302 g/mol. The van der Waals surface area contributed by atoms with Crippen LogP contribution >= 0.6 is 12.2 Å². The third kappa shape index (κ3) is 2.35. The second-order valence-electron chi connectivity index (χ2n) is 4.97. The average Bonchev–Trinajstić information content (AvgIpc) is 2.97. The maximum Gasteiger partial charge on any atom is 0.179 e. The minimum atomic E-state index is 0.696. The van der Waals surface area contributed by atoms with Crippen LogP contribution in [0.5, 0.6) is 5.75 Å². The SMILES string of the molecule is CCn1nc(C)c2[nH]c(=S)n(Cc3cccc(OC)c3)c21. The molecule has 3 rings (SSSR count). The maximum atomic E-state index is 5.47. The summed E-state index contributed by atoms with van der Waals surface area (Å²) in [5.41, 5.74) is 4.18. The molecular formula is C15H18N4OS. The number of fused-ring (bicyclic) bond motifs is 1. The zero-order chi connectivity index (χ0) is 15.0. The Hall–Kier alpha value is -2.08. The predicted molar refractivity (Wildman–Crippen MR) is 85.4 cm³/mol. The van der Waals surface area contributed by atoms with Gasteiger partial charge in [-0.2, -0.15) is 5.10 Å². The number of aromatic amines is 1. The predicted octanol–water partition coefficient (Wildman–Crippen LogP) is 3.28. The lowest BCUT2D eigenvalue weighted by Gasteiger charge is -2.08. The number of ether oxygens (including phenoxy) is 1. The highest BCUT2D eigenvalue weighted by atomic mass is 32.1. The van der Waals surface area contributed by atoms with E-state index in [9.17, 15) is 0 Å². The van der Waals surface area contributed by atoms with E-state index in [0.29, 0.717) is 6.54 Å². The second kappa shape index (κ2) is 5.37. The summed E-state index contributed by atoms with van der Waals surface area (Å²) < 4.78 is 10.1. The lowest BCUT2D eigenvalue weighted by molar-refractivity contribution is 0.414. The van der Waals surface area contributed by atoms with E-state index >= 15 is 0 Å². The summed E-state index contributed by atoms with van der Waals surface area (Å²) >= 11 is 5.47. The Morgan fingerprint density at radius 3 is 2.90 bits per heavy atom. The van der Waals surface area contributed by atoms with Crippen molar-refractivity contribution in [3.05, 3.63) is 40.3 Å². The van der Waals surface area contributed by atoms with Crippen molar-refractivity contribution in [3.63, 3.8) is 0 Å². The first-order valence-electron chi connectivity index (χ1n) is 6.93. The first kappa shape index (κ1) is 13.9. The lowest BCUT2D eigenvalue weighted by atomic mass is 10.2. The molecule has 0 atom stereocenters. The summed E-state index contributed by atoms with van der Waals surface area (Å²) in [4.78, 5) is 3.26. The van der Waals surface area contributed by atoms with Crippen molar-refractivity contribution in [2.75, 3.05) is 7.11 Å². The fourth-order valence-electron chi connectivity index (χ4n) is 2.58. The van der Waals surface area contributed by atoms with Gasteiger partial charge in [-0.25, -0.2) is 4.68 Å². The molecular weight excluding hydrogens is 284 g/mol. The summed E-state index contributed by atoms with van der Waals surface area (Å²) in [5, 5.41) is 4.54. The van der Waals surface area contributed by atoms with Crippen LogP contribution in [-0.2, 0) is 13.1 Å². The number of hydrogen-bond acceptors (Lipinski definition) is 3. The Labute approximate surface area is 128 Å². The van der Waals surface area contributed by atoms with Gasteiger partial charge >= 0.3 is 0 Å². The second-order valence-corrected chi connectivity index (χ2v) is 5.35. The van der Waals surface area contributed by atoms with Crippen LogP contribution in [0.1, 0.15) is 18.2 Å². The van der Waals surface area contributed by atoms with E-state index < -0.39 is 0 Å². The number of nitrogens with zero attached hydrogens (tertiary/aromatic N) is 3. The van der Waals surface area contributed by atoms with E-state index in [1.54, 1.807) is 7.11 Å². The van der Waals surface area contributed by atoms with Gasteiger partial charge in [0.2, 0.25) is 0 Å². The van der Waals surface area contributed by atoms with Crippen molar-refractivity contribution in [2.24, 2.45) is 0 Å². The summed E-state index contributed by atoms with van der Waals surface area (Å²) in [5.74, 6) is 0.853. The normalized spacial score (nSPS) is 11.2. The van der Waals surface area contributed by atoms with Gasteiger partial charge in [0.15, 0.2) is 10.4 Å². The molecule has 2 heterocycles. The van der Waals surface area contributed by atoms with E-state index in [-0.39, 0.29) is 0 Å². The largest absolute Gasteiger partial charge is 0.497 e. The van der Waals surface area contributed by atoms with Crippen LogP contribution in [0.2, 0.25) is 0 Å². The van der Waals surface area contributed by atoms with Crippen LogP contribution in [0.3, 0.4) is 0 Å². The monoisotopic (exact) mass is 302 g/mol. The third-order valence-corrected chi connectivity index (χ3v) is 3.93. The third-order valence-electron chi connectivity index (χ3n) is 3.61. The van der Waals surface area contributed by atoms with Gasteiger partial charge in [0, 0.05) is 6.54 Å². The molecule has 21 heavy (non-hydrogen) atoms. The highest BCUT2D eigenvalue weighted by Crippen LogP contribution is 2.20. The molecule has 5 nitrogen and oxygen atoms in total. The van der Waals surface area contributed by atoms with E-state index in [1.807, 2.05) is 29.8 Å². The molecule has 0 spiro atoms. The number of nitrogens with one attached hydrogen (secondary N) is 1. The Morgan fingerprint density at radius 2 is 2.19 bits per heavy atom. The first-order chi connectivity index (χ1) is 10.1. The summed E-state index contributed by atoms with van der Waals surface area (Å²) in [6, 6.07) is 8.03. The van der Waals surface area contributed by atoms with Gasteiger partial charge in [-0.05, 0) is 43.8 Å². The highest BCUT2D eigenvalue weighted by Gasteiger charge is 2.14. The number of H-pyrrole nitrogens is 1. The molecule has 1 aromatic carbocycles. The summed E-state index contributed by atoms with van der Waals surface area (Å²) in [7, 11) is 1.68. The maximum absolute atomic E-state index is 5.47. The molecule has 6 heteroatoms. The highest BCUT2D eigenvalue weighted by molar-refractivity contribution is 7.71. The summed E-state index contributed by atoms with van der Waals surface area (Å²) in [6.07, 6.45) is 0. The van der Waals surface area contributed by atoms with Crippen molar-refractivity contribution in [1.29, 1.82) is 0 Å². The molecule has 0 aliphatic carbocycles. The standard InChI is InChI=1S/C15H18N4OS/c1-4-19-14-13(10(2)17-19)16-15(21)18(14)9-11-6-5-7-12(8-11)20-3/h5-8H,4,9H2,1-3H3,(H,16,21). The number of rotatable bonds is 4. The molecule has 2 aromatic heterocycles. The molecule has 0 aliphatic heterocycles. The van der Waals surface area contributed by atoms with Gasteiger partial charge < -0.3 is 9.72 Å². The molecule has 0 amide bonds. The summed E-state index contributed by atoms with van der Waals surface area (Å²) in [6.45, 7) is 5.59. The zero-order valence-corrected chi connectivity index (χ0v) is 13.2. The van der Waals surface area contributed by atoms with E-state index in [1.165, 1.54) is 0 Å². The molecule has 1 N–H and O–H groups in total. The fourth-order valence-corrected chi connectivity index (χ4v) is 2.83. The number of imidazole rings is 1. The molecule has 0 saturated carbocycles.